The highest BCUT2D eigenvalue weighted by Crippen LogP contribution is 2.05. The molecule has 0 spiro atoms. The molecule has 0 bridgehead atoms. The van der Waals surface area contributed by atoms with Gasteiger partial charge in [0.05, 0.1) is 6.61 Å². The third-order valence-corrected chi connectivity index (χ3v) is 2.33. The maximum absolute atomic E-state index is 11.4. The van der Waals surface area contributed by atoms with Crippen molar-refractivity contribution in [1.29, 1.82) is 0 Å². The summed E-state index contributed by atoms with van der Waals surface area (Å²) in [5, 5.41) is 2.39. The van der Waals surface area contributed by atoms with Crippen molar-refractivity contribution in [2.45, 2.75) is 6.92 Å². The first kappa shape index (κ1) is 15.4. The zero-order chi connectivity index (χ0) is 15.0. The lowest BCUT2D eigenvalue weighted by molar-refractivity contribution is -0.143. The highest BCUT2D eigenvalue weighted by molar-refractivity contribution is 5.94. The minimum atomic E-state index is -0.507. The Morgan fingerprint density at radius 3 is 2.45 bits per heavy atom. The molecule has 20 heavy (non-hydrogen) atoms. The molecule has 0 aromatic heterocycles. The second kappa shape index (κ2) is 7.73. The maximum atomic E-state index is 11.4. The second-order valence-electron chi connectivity index (χ2n) is 3.84. The summed E-state index contributed by atoms with van der Waals surface area (Å²) in [5.74, 6) is -1.40. The zero-order valence-electron chi connectivity index (χ0n) is 11.1. The van der Waals surface area contributed by atoms with Gasteiger partial charge in [0.15, 0.2) is 0 Å². The van der Waals surface area contributed by atoms with E-state index in [1.54, 1.807) is 37.3 Å². The molecule has 106 valence electrons. The fourth-order valence-corrected chi connectivity index (χ4v) is 1.36. The van der Waals surface area contributed by atoms with Gasteiger partial charge in [0, 0.05) is 11.6 Å². The predicted octanol–water partition coefficient (Wildman–Crippen LogP) is 0.478. The quantitative estimate of drug-likeness (QED) is 0.583. The minimum Gasteiger partial charge on any atom is -0.465 e. The van der Waals surface area contributed by atoms with E-state index in [0.29, 0.717) is 5.56 Å². The summed E-state index contributed by atoms with van der Waals surface area (Å²) >= 11 is 0. The first-order chi connectivity index (χ1) is 9.52. The van der Waals surface area contributed by atoms with Gasteiger partial charge in [0.1, 0.15) is 6.54 Å². The monoisotopic (exact) mass is 276 g/mol. The minimum absolute atomic E-state index is 0.169. The summed E-state index contributed by atoms with van der Waals surface area (Å²) in [7, 11) is 0. The first-order valence-corrected chi connectivity index (χ1v) is 6.04. The summed E-state index contributed by atoms with van der Waals surface area (Å²) in [6.07, 6.45) is 2.85. The van der Waals surface area contributed by atoms with E-state index in [-0.39, 0.29) is 13.2 Å². The van der Waals surface area contributed by atoms with E-state index in [1.165, 1.54) is 6.08 Å². The SMILES string of the molecule is CCOC(=O)CNC(=O)/C=C/c1ccc(C(N)=O)cc1. The van der Waals surface area contributed by atoms with E-state index in [2.05, 4.69) is 10.1 Å². The number of nitrogens with one attached hydrogen (secondary N) is 1. The summed E-state index contributed by atoms with van der Waals surface area (Å²) in [6.45, 7) is 1.80. The zero-order valence-corrected chi connectivity index (χ0v) is 11.1. The van der Waals surface area contributed by atoms with Crippen LogP contribution in [0.2, 0.25) is 0 Å². The molecule has 0 unspecified atom stereocenters. The summed E-state index contributed by atoms with van der Waals surface area (Å²) in [4.78, 5) is 33.3. The molecular weight excluding hydrogens is 260 g/mol. The first-order valence-electron chi connectivity index (χ1n) is 6.04. The van der Waals surface area contributed by atoms with Crippen molar-refractivity contribution in [2.24, 2.45) is 5.73 Å². The Morgan fingerprint density at radius 2 is 1.90 bits per heavy atom. The fraction of sp³-hybridized carbons (Fsp3) is 0.214. The summed E-state index contributed by atoms with van der Waals surface area (Å²) in [6, 6.07) is 6.46. The van der Waals surface area contributed by atoms with Gasteiger partial charge in [-0.3, -0.25) is 14.4 Å². The highest BCUT2D eigenvalue weighted by Gasteiger charge is 2.03. The van der Waals surface area contributed by atoms with Gasteiger partial charge >= 0.3 is 5.97 Å². The average molecular weight is 276 g/mol. The Hall–Kier alpha value is -2.63. The molecule has 0 saturated carbocycles. The topological polar surface area (TPSA) is 98.5 Å². The Bertz CT molecular complexity index is 520. The molecular formula is C14H16N2O4. The van der Waals surface area contributed by atoms with Crippen LogP contribution in [0.25, 0.3) is 6.08 Å². The van der Waals surface area contributed by atoms with Crippen molar-refractivity contribution in [3.63, 3.8) is 0 Å². The number of benzene rings is 1. The Kier molecular flexibility index (Phi) is 5.96. The molecule has 0 radical (unpaired) electrons. The molecule has 0 aliphatic rings. The van der Waals surface area contributed by atoms with Crippen molar-refractivity contribution >= 4 is 23.9 Å². The molecule has 1 aromatic rings. The Morgan fingerprint density at radius 1 is 1.25 bits per heavy atom. The average Bonchev–Trinajstić information content (AvgIpc) is 2.43. The molecule has 6 heteroatoms. The normalized spacial score (nSPS) is 10.2. The van der Waals surface area contributed by atoms with Gasteiger partial charge in [0.25, 0.3) is 0 Å². The molecule has 0 heterocycles. The van der Waals surface area contributed by atoms with Crippen molar-refractivity contribution in [1.82, 2.24) is 5.32 Å². The van der Waals surface area contributed by atoms with E-state index in [4.69, 9.17) is 5.73 Å². The van der Waals surface area contributed by atoms with Crippen LogP contribution in [-0.2, 0) is 14.3 Å². The molecule has 0 aliphatic carbocycles. The van der Waals surface area contributed by atoms with Gasteiger partial charge in [-0.25, -0.2) is 0 Å². The molecule has 0 fully saturated rings. The van der Waals surface area contributed by atoms with Crippen molar-refractivity contribution in [2.75, 3.05) is 13.2 Å². The van der Waals surface area contributed by atoms with Crippen LogP contribution in [0, 0.1) is 0 Å². The molecule has 0 aliphatic heterocycles. The van der Waals surface area contributed by atoms with Crippen LogP contribution in [0.3, 0.4) is 0 Å². The number of carbonyl (C=O) groups is 3. The number of ether oxygens (including phenoxy) is 1. The predicted molar refractivity (Wildman–Crippen MR) is 73.6 cm³/mol. The lowest BCUT2D eigenvalue weighted by Crippen LogP contribution is -2.29. The number of carbonyl (C=O) groups excluding carboxylic acids is 3. The van der Waals surface area contributed by atoms with Gasteiger partial charge < -0.3 is 15.8 Å². The van der Waals surface area contributed by atoms with Crippen LogP contribution >= 0.6 is 0 Å². The number of rotatable bonds is 6. The largest absolute Gasteiger partial charge is 0.465 e. The van der Waals surface area contributed by atoms with E-state index in [9.17, 15) is 14.4 Å². The molecule has 3 N–H and O–H groups in total. The number of primary amides is 1. The Labute approximate surface area is 116 Å². The maximum Gasteiger partial charge on any atom is 0.325 e. The third-order valence-electron chi connectivity index (χ3n) is 2.33. The number of hydrogen-bond acceptors (Lipinski definition) is 4. The second-order valence-corrected chi connectivity index (χ2v) is 3.84. The van der Waals surface area contributed by atoms with Crippen LogP contribution < -0.4 is 11.1 Å². The van der Waals surface area contributed by atoms with Crippen molar-refractivity contribution in [3.8, 4) is 0 Å². The van der Waals surface area contributed by atoms with Crippen LogP contribution in [0.15, 0.2) is 30.3 Å². The molecule has 0 atom stereocenters. The molecule has 1 aromatic carbocycles. The van der Waals surface area contributed by atoms with E-state index >= 15 is 0 Å². The van der Waals surface area contributed by atoms with Crippen LogP contribution in [-0.4, -0.2) is 30.9 Å². The number of hydrogen-bond donors (Lipinski definition) is 2. The van der Waals surface area contributed by atoms with Gasteiger partial charge in [-0.1, -0.05) is 12.1 Å². The van der Waals surface area contributed by atoms with Crippen LogP contribution in [0.4, 0.5) is 0 Å². The smallest absolute Gasteiger partial charge is 0.325 e. The fourth-order valence-electron chi connectivity index (χ4n) is 1.36. The van der Waals surface area contributed by atoms with E-state index in [0.717, 1.165) is 5.56 Å². The summed E-state index contributed by atoms with van der Waals surface area (Å²) in [5.41, 5.74) is 6.25. The lowest BCUT2D eigenvalue weighted by Gasteiger charge is -2.02. The van der Waals surface area contributed by atoms with Gasteiger partial charge in [0.2, 0.25) is 11.8 Å². The van der Waals surface area contributed by atoms with Crippen LogP contribution in [0.5, 0.6) is 0 Å². The number of esters is 1. The number of amides is 2. The van der Waals surface area contributed by atoms with Gasteiger partial charge in [-0.15, -0.1) is 0 Å². The summed E-state index contributed by atoms with van der Waals surface area (Å²) < 4.78 is 4.67. The van der Waals surface area contributed by atoms with Gasteiger partial charge in [-0.05, 0) is 30.7 Å². The molecule has 6 nitrogen and oxygen atoms in total. The number of nitrogens with two attached hydrogens (primary N) is 1. The van der Waals surface area contributed by atoms with Gasteiger partial charge in [-0.2, -0.15) is 0 Å². The Balaban J connectivity index is 2.48. The molecule has 2 amide bonds. The highest BCUT2D eigenvalue weighted by atomic mass is 16.5. The van der Waals surface area contributed by atoms with Crippen LogP contribution in [0.1, 0.15) is 22.8 Å². The van der Waals surface area contributed by atoms with Crippen molar-refractivity contribution in [3.05, 3.63) is 41.5 Å². The van der Waals surface area contributed by atoms with E-state index in [1.807, 2.05) is 0 Å². The van der Waals surface area contributed by atoms with E-state index < -0.39 is 17.8 Å². The molecule has 1 rings (SSSR count). The third kappa shape index (κ3) is 5.34. The lowest BCUT2D eigenvalue weighted by atomic mass is 10.1. The van der Waals surface area contributed by atoms with Crippen molar-refractivity contribution < 1.29 is 19.1 Å². The molecule has 0 saturated heterocycles. The standard InChI is InChI=1S/C14H16N2O4/c1-2-20-13(18)9-16-12(17)8-5-10-3-6-11(7-4-10)14(15)19/h3-8H,2,9H2,1H3,(H2,15,19)(H,16,17)/b8-5+.